The summed E-state index contributed by atoms with van der Waals surface area (Å²) in [5, 5.41) is 3.71. The van der Waals surface area contributed by atoms with Gasteiger partial charge in [-0.15, -0.1) is 0 Å². The quantitative estimate of drug-likeness (QED) is 0.844. The Kier molecular flexibility index (Phi) is 6.13. The second-order valence-corrected chi connectivity index (χ2v) is 8.59. The first-order valence-corrected chi connectivity index (χ1v) is 10.4. The van der Waals surface area contributed by atoms with E-state index in [0.29, 0.717) is 12.1 Å². The van der Waals surface area contributed by atoms with Gasteiger partial charge in [-0.3, -0.25) is 0 Å². The summed E-state index contributed by atoms with van der Waals surface area (Å²) in [6.07, 6.45) is 5.39. The Hall–Kier alpha value is -1.26. The number of nitrogens with one attached hydrogen (secondary N) is 1. The molecule has 1 heterocycles. The molecule has 3 N–H and O–H groups in total. The molecular formula is C22H37N3O. The number of ether oxygens (including phenoxy) is 1. The molecule has 146 valence electrons. The number of benzene rings is 1. The molecule has 0 amide bonds. The average Bonchev–Trinajstić information content (AvgIpc) is 2.61. The first-order valence-electron chi connectivity index (χ1n) is 10.4. The summed E-state index contributed by atoms with van der Waals surface area (Å²) in [7, 11) is 0. The lowest BCUT2D eigenvalue weighted by atomic mass is 9.86. The van der Waals surface area contributed by atoms with E-state index in [0.717, 1.165) is 19.0 Å². The number of nitrogens with two attached hydrogens (primary N) is 1. The number of morpholine rings is 1. The highest BCUT2D eigenvalue weighted by Gasteiger charge is 2.30. The highest BCUT2D eigenvalue weighted by molar-refractivity contribution is 5.66. The van der Waals surface area contributed by atoms with E-state index in [4.69, 9.17) is 10.5 Å². The highest BCUT2D eigenvalue weighted by atomic mass is 16.5. The van der Waals surface area contributed by atoms with Crippen LogP contribution in [0.2, 0.25) is 0 Å². The molecule has 4 nitrogen and oxygen atoms in total. The molecule has 1 aliphatic carbocycles. The topological polar surface area (TPSA) is 50.5 Å². The Balaban J connectivity index is 1.70. The maximum atomic E-state index is 6.03. The number of anilines is 2. The van der Waals surface area contributed by atoms with Gasteiger partial charge in [0.15, 0.2) is 0 Å². The normalized spacial score (nSPS) is 32.5. The first-order chi connectivity index (χ1) is 12.4. The van der Waals surface area contributed by atoms with Crippen molar-refractivity contribution in [1.82, 2.24) is 0 Å². The third-order valence-electron chi connectivity index (χ3n) is 6.61. The highest BCUT2D eigenvalue weighted by Crippen LogP contribution is 2.33. The Morgan fingerprint density at radius 3 is 2.46 bits per heavy atom. The summed E-state index contributed by atoms with van der Waals surface area (Å²) in [4.78, 5) is 2.52. The molecule has 0 bridgehead atoms. The summed E-state index contributed by atoms with van der Waals surface area (Å²) in [5.41, 5.74) is 11.4. The van der Waals surface area contributed by atoms with Gasteiger partial charge in [-0.05, 0) is 89.5 Å². The van der Waals surface area contributed by atoms with Gasteiger partial charge in [0, 0.05) is 30.5 Å². The summed E-state index contributed by atoms with van der Waals surface area (Å²) < 4.78 is 5.99. The zero-order valence-corrected chi connectivity index (χ0v) is 17.2. The second kappa shape index (κ2) is 8.18. The van der Waals surface area contributed by atoms with Crippen molar-refractivity contribution in [2.75, 3.05) is 23.3 Å². The Bertz CT molecular complexity index is 610. The molecular weight excluding hydrogens is 322 g/mol. The predicted octanol–water partition coefficient (Wildman–Crippen LogP) is 4.23. The standard InChI is InChI=1S/C22H37N3O/c1-14-13-25(17(4)18(5)26-14)22-11-10-21(15(2)16(22)3)24-12-19-6-8-20(23)9-7-19/h10-11,14,17-20,24H,6-9,12-13,23H2,1-5H3/t14-,17?,18+,19-,20-/m0/s1. The minimum Gasteiger partial charge on any atom is -0.385 e. The zero-order valence-electron chi connectivity index (χ0n) is 17.2. The summed E-state index contributed by atoms with van der Waals surface area (Å²) >= 11 is 0. The number of hydrogen-bond donors (Lipinski definition) is 2. The zero-order chi connectivity index (χ0) is 18.8. The number of hydrogen-bond acceptors (Lipinski definition) is 4. The monoisotopic (exact) mass is 359 g/mol. The molecule has 1 aliphatic heterocycles. The minimum atomic E-state index is 0.258. The fourth-order valence-electron chi connectivity index (χ4n) is 4.49. The van der Waals surface area contributed by atoms with Crippen molar-refractivity contribution in [2.24, 2.45) is 11.7 Å². The van der Waals surface area contributed by atoms with Crippen molar-refractivity contribution >= 4 is 11.4 Å². The van der Waals surface area contributed by atoms with Crippen molar-refractivity contribution in [3.05, 3.63) is 23.3 Å². The summed E-state index contributed by atoms with van der Waals surface area (Å²) in [5.74, 6) is 0.759. The molecule has 1 saturated heterocycles. The van der Waals surface area contributed by atoms with Crippen LogP contribution < -0.4 is 16.0 Å². The summed E-state index contributed by atoms with van der Waals surface area (Å²) in [6.45, 7) is 13.1. The second-order valence-electron chi connectivity index (χ2n) is 8.59. The van der Waals surface area contributed by atoms with Crippen molar-refractivity contribution in [2.45, 2.75) is 84.6 Å². The van der Waals surface area contributed by atoms with Gasteiger partial charge in [-0.25, -0.2) is 0 Å². The molecule has 2 fully saturated rings. The van der Waals surface area contributed by atoms with Crippen molar-refractivity contribution < 1.29 is 4.74 Å². The van der Waals surface area contributed by atoms with Crippen LogP contribution in [0.4, 0.5) is 11.4 Å². The van der Waals surface area contributed by atoms with Crippen molar-refractivity contribution in [3.8, 4) is 0 Å². The average molecular weight is 360 g/mol. The van der Waals surface area contributed by atoms with Gasteiger partial charge >= 0.3 is 0 Å². The van der Waals surface area contributed by atoms with Crippen molar-refractivity contribution in [3.63, 3.8) is 0 Å². The lowest BCUT2D eigenvalue weighted by Crippen LogP contribution is -2.52. The van der Waals surface area contributed by atoms with Crippen LogP contribution in [-0.4, -0.2) is 37.4 Å². The first kappa shape index (κ1) is 19.5. The van der Waals surface area contributed by atoms with Crippen LogP contribution >= 0.6 is 0 Å². The lowest BCUT2D eigenvalue weighted by Gasteiger charge is -2.43. The maximum absolute atomic E-state index is 6.03. The fraction of sp³-hybridized carbons (Fsp3) is 0.727. The number of nitrogens with zero attached hydrogens (tertiary/aromatic N) is 1. The van der Waals surface area contributed by atoms with Crippen molar-refractivity contribution in [1.29, 1.82) is 0 Å². The SMILES string of the molecule is Cc1c(NC[C@H]2CC[C@H](N)CC2)ccc(N2C[C@H](C)O[C@H](C)C2C)c1C. The van der Waals surface area contributed by atoms with Crippen LogP contribution in [0, 0.1) is 19.8 Å². The maximum Gasteiger partial charge on any atom is 0.0751 e. The van der Waals surface area contributed by atoms with E-state index < -0.39 is 0 Å². The minimum absolute atomic E-state index is 0.258. The Labute approximate surface area is 159 Å². The van der Waals surface area contributed by atoms with Gasteiger partial charge in [0.1, 0.15) is 0 Å². The third-order valence-corrected chi connectivity index (χ3v) is 6.61. The van der Waals surface area contributed by atoms with Gasteiger partial charge in [0.05, 0.1) is 18.2 Å². The molecule has 2 aliphatic rings. The molecule has 1 unspecified atom stereocenters. The molecule has 3 rings (SSSR count). The van der Waals surface area contributed by atoms with Crippen LogP contribution in [0.1, 0.15) is 57.6 Å². The largest absolute Gasteiger partial charge is 0.385 e. The molecule has 1 saturated carbocycles. The molecule has 1 aromatic rings. The van der Waals surface area contributed by atoms with Crippen LogP contribution in [0.5, 0.6) is 0 Å². The van der Waals surface area contributed by atoms with E-state index in [9.17, 15) is 0 Å². The van der Waals surface area contributed by atoms with Crippen LogP contribution in [0.3, 0.4) is 0 Å². The van der Waals surface area contributed by atoms with Crippen LogP contribution in [0.25, 0.3) is 0 Å². The van der Waals surface area contributed by atoms with E-state index in [1.54, 1.807) is 0 Å². The van der Waals surface area contributed by atoms with Gasteiger partial charge in [0.25, 0.3) is 0 Å². The number of rotatable bonds is 4. The van der Waals surface area contributed by atoms with Gasteiger partial charge in [-0.1, -0.05) is 0 Å². The lowest BCUT2D eigenvalue weighted by molar-refractivity contribution is -0.0258. The predicted molar refractivity (Wildman–Crippen MR) is 111 cm³/mol. The molecule has 0 spiro atoms. The van der Waals surface area contributed by atoms with E-state index in [1.807, 2.05) is 0 Å². The van der Waals surface area contributed by atoms with E-state index in [2.05, 4.69) is 57.0 Å². The van der Waals surface area contributed by atoms with E-state index in [1.165, 1.54) is 48.2 Å². The third kappa shape index (κ3) is 4.17. The van der Waals surface area contributed by atoms with Gasteiger partial charge in [0.2, 0.25) is 0 Å². The van der Waals surface area contributed by atoms with Gasteiger partial charge in [-0.2, -0.15) is 0 Å². The van der Waals surface area contributed by atoms with Gasteiger partial charge < -0.3 is 20.7 Å². The van der Waals surface area contributed by atoms with Crippen LogP contribution in [-0.2, 0) is 4.74 Å². The van der Waals surface area contributed by atoms with E-state index in [-0.39, 0.29) is 12.2 Å². The van der Waals surface area contributed by atoms with Crippen LogP contribution in [0.15, 0.2) is 12.1 Å². The fourth-order valence-corrected chi connectivity index (χ4v) is 4.49. The molecule has 1 aromatic carbocycles. The van der Waals surface area contributed by atoms with E-state index >= 15 is 0 Å². The Morgan fingerprint density at radius 1 is 1.08 bits per heavy atom. The molecule has 26 heavy (non-hydrogen) atoms. The Morgan fingerprint density at radius 2 is 1.77 bits per heavy atom. The molecule has 0 aromatic heterocycles. The molecule has 3 atom stereocenters. The summed E-state index contributed by atoms with van der Waals surface area (Å²) in [6, 6.07) is 5.39. The molecule has 0 radical (unpaired) electrons. The molecule has 4 heteroatoms. The smallest absolute Gasteiger partial charge is 0.0751 e.